The van der Waals surface area contributed by atoms with Crippen LogP contribution in [0.1, 0.15) is 44.2 Å². The summed E-state index contributed by atoms with van der Waals surface area (Å²) in [6.07, 6.45) is 1.47. The van der Waals surface area contributed by atoms with E-state index < -0.39 is 47.9 Å². The van der Waals surface area contributed by atoms with E-state index >= 15 is 0 Å². The van der Waals surface area contributed by atoms with Crippen LogP contribution in [0.15, 0.2) is 48.5 Å². The van der Waals surface area contributed by atoms with Gasteiger partial charge in [0.2, 0.25) is 17.7 Å². The maximum absolute atomic E-state index is 13.6. The number of likely N-dealkylation sites (tertiary alicyclic amines) is 1. The smallest absolute Gasteiger partial charge is 0.326 e. The zero-order valence-electron chi connectivity index (χ0n) is 22.7. The van der Waals surface area contributed by atoms with Gasteiger partial charge >= 0.3 is 5.97 Å². The highest BCUT2D eigenvalue weighted by Crippen LogP contribution is 2.21. The van der Waals surface area contributed by atoms with Crippen LogP contribution in [0, 0.1) is 5.92 Å². The molecule has 2 aromatic rings. The Hall–Kier alpha value is -4.12. The predicted molar refractivity (Wildman–Crippen MR) is 147 cm³/mol. The molecule has 4 atom stereocenters. The topological polar surface area (TPSA) is 182 Å². The number of aromatic hydroxyl groups is 2. The summed E-state index contributed by atoms with van der Waals surface area (Å²) in [5.74, 6) is -2.51. The van der Waals surface area contributed by atoms with E-state index in [0.717, 1.165) is 5.56 Å². The first kappa shape index (κ1) is 30.4. The van der Waals surface area contributed by atoms with Crippen molar-refractivity contribution in [1.29, 1.82) is 0 Å². The van der Waals surface area contributed by atoms with Crippen molar-refractivity contribution >= 4 is 23.7 Å². The van der Waals surface area contributed by atoms with E-state index in [2.05, 4.69) is 10.6 Å². The molecule has 0 aromatic heterocycles. The number of phenolic OH excluding ortho intramolecular Hbond substituents is 2. The first-order valence-electron chi connectivity index (χ1n) is 13.4. The maximum Gasteiger partial charge on any atom is 0.326 e. The molecule has 4 unspecified atom stereocenters. The van der Waals surface area contributed by atoms with Crippen LogP contribution in [0.5, 0.6) is 11.5 Å². The molecule has 1 aliphatic heterocycles. The summed E-state index contributed by atoms with van der Waals surface area (Å²) in [5.41, 5.74) is 7.49. The molecule has 3 rings (SSSR count). The predicted octanol–water partition coefficient (Wildman–Crippen LogP) is 1.30. The normalized spacial score (nSPS) is 17.2. The molecule has 0 spiro atoms. The zero-order valence-corrected chi connectivity index (χ0v) is 22.7. The highest BCUT2D eigenvalue weighted by molar-refractivity contribution is 5.94. The summed E-state index contributed by atoms with van der Waals surface area (Å²) in [6.45, 7) is 4.13. The number of hydrogen-bond donors (Lipinski definition) is 6. The van der Waals surface area contributed by atoms with Gasteiger partial charge in [0.05, 0.1) is 6.04 Å². The molecule has 3 amide bonds. The lowest BCUT2D eigenvalue weighted by molar-refractivity contribution is -0.145. The van der Waals surface area contributed by atoms with E-state index in [1.165, 1.54) is 29.2 Å². The Morgan fingerprint density at radius 3 is 1.98 bits per heavy atom. The monoisotopic (exact) mass is 554 g/mol. The van der Waals surface area contributed by atoms with Crippen molar-refractivity contribution in [3.05, 3.63) is 59.7 Å². The van der Waals surface area contributed by atoms with Crippen molar-refractivity contribution in [2.75, 3.05) is 6.54 Å². The van der Waals surface area contributed by atoms with Crippen molar-refractivity contribution < 1.29 is 34.5 Å². The first-order chi connectivity index (χ1) is 18.9. The fraction of sp³-hybridized carbons (Fsp3) is 0.448. The summed E-state index contributed by atoms with van der Waals surface area (Å²) in [6, 6.07) is 8.44. The minimum atomic E-state index is -1.22. The molecule has 0 radical (unpaired) electrons. The molecule has 1 heterocycles. The van der Waals surface area contributed by atoms with Crippen LogP contribution >= 0.6 is 0 Å². The number of carbonyl (C=O) groups is 4. The number of phenols is 2. The van der Waals surface area contributed by atoms with E-state index in [1.54, 1.807) is 24.3 Å². The number of carboxylic acids is 1. The van der Waals surface area contributed by atoms with Crippen molar-refractivity contribution in [3.8, 4) is 11.5 Å². The third-order valence-corrected chi connectivity index (χ3v) is 6.88. The molecule has 0 saturated carbocycles. The molecule has 216 valence electrons. The second-order valence-electron chi connectivity index (χ2n) is 10.6. The molecule has 40 heavy (non-hydrogen) atoms. The van der Waals surface area contributed by atoms with Crippen molar-refractivity contribution in [3.63, 3.8) is 0 Å². The standard InChI is InChI=1S/C29H38N4O7/c1-17(2)14-23(31-26(36)22(30)15-18-5-9-20(34)10-6-18)28(38)33-13-3-4-25(33)27(37)32-24(29(39)40)16-19-7-11-21(35)12-8-19/h5-12,17,22-25,34-35H,3-4,13-16,30H2,1-2H3,(H,31,36)(H,32,37)(H,39,40). The summed E-state index contributed by atoms with van der Waals surface area (Å²) >= 11 is 0. The first-order valence-corrected chi connectivity index (χ1v) is 13.4. The maximum atomic E-state index is 13.6. The summed E-state index contributed by atoms with van der Waals surface area (Å²) < 4.78 is 0. The summed E-state index contributed by atoms with van der Waals surface area (Å²) in [7, 11) is 0. The molecule has 2 aromatic carbocycles. The van der Waals surface area contributed by atoms with Gasteiger partial charge in [0.15, 0.2) is 0 Å². The van der Waals surface area contributed by atoms with Gasteiger partial charge < -0.3 is 36.6 Å². The Labute approximate surface area is 233 Å². The number of benzene rings is 2. The van der Waals surface area contributed by atoms with Gasteiger partial charge in [0.25, 0.3) is 0 Å². The highest BCUT2D eigenvalue weighted by Gasteiger charge is 2.39. The second kappa shape index (κ2) is 13.8. The molecular formula is C29H38N4O7. The number of rotatable bonds is 12. The summed E-state index contributed by atoms with van der Waals surface area (Å²) in [5, 5.41) is 33.9. The minimum absolute atomic E-state index is 0.00692. The lowest BCUT2D eigenvalue weighted by Gasteiger charge is -2.30. The second-order valence-corrected chi connectivity index (χ2v) is 10.6. The van der Waals surface area contributed by atoms with Crippen molar-refractivity contribution in [1.82, 2.24) is 15.5 Å². The molecular weight excluding hydrogens is 516 g/mol. The number of nitrogens with one attached hydrogen (secondary N) is 2. The van der Waals surface area contributed by atoms with Crippen LogP contribution < -0.4 is 16.4 Å². The Balaban J connectivity index is 1.67. The molecule has 0 aliphatic carbocycles. The molecule has 1 saturated heterocycles. The Kier molecular flexibility index (Phi) is 10.5. The molecule has 11 heteroatoms. The molecule has 1 fully saturated rings. The van der Waals surface area contributed by atoms with Gasteiger partial charge in [-0.05, 0) is 67.0 Å². The number of hydrogen-bond acceptors (Lipinski definition) is 7. The van der Waals surface area contributed by atoms with E-state index in [9.17, 15) is 34.5 Å². The van der Waals surface area contributed by atoms with Gasteiger partial charge in [-0.25, -0.2) is 4.79 Å². The Morgan fingerprint density at radius 2 is 1.45 bits per heavy atom. The van der Waals surface area contributed by atoms with Crippen molar-refractivity contribution in [2.24, 2.45) is 11.7 Å². The van der Waals surface area contributed by atoms with E-state index in [1.807, 2.05) is 13.8 Å². The van der Waals surface area contributed by atoms with Gasteiger partial charge in [0.1, 0.15) is 29.6 Å². The Bertz CT molecular complexity index is 1180. The zero-order chi connectivity index (χ0) is 29.4. The van der Waals surface area contributed by atoms with Gasteiger partial charge in [-0.1, -0.05) is 38.1 Å². The average molecular weight is 555 g/mol. The number of carbonyl (C=O) groups excluding carboxylic acids is 3. The minimum Gasteiger partial charge on any atom is -0.508 e. The van der Waals surface area contributed by atoms with E-state index in [0.29, 0.717) is 31.4 Å². The largest absolute Gasteiger partial charge is 0.508 e. The molecule has 1 aliphatic rings. The van der Waals surface area contributed by atoms with Crippen LogP contribution in [-0.2, 0) is 32.0 Å². The number of carboxylic acid groups (broad SMARTS) is 1. The lowest BCUT2D eigenvalue weighted by atomic mass is 10.0. The number of nitrogens with two attached hydrogens (primary N) is 1. The Morgan fingerprint density at radius 1 is 0.900 bits per heavy atom. The number of amides is 3. The van der Waals surface area contributed by atoms with Gasteiger partial charge in [-0.15, -0.1) is 0 Å². The highest BCUT2D eigenvalue weighted by atomic mass is 16.4. The van der Waals surface area contributed by atoms with Crippen LogP contribution in [0.4, 0.5) is 0 Å². The summed E-state index contributed by atoms with van der Waals surface area (Å²) in [4.78, 5) is 53.0. The molecule has 11 nitrogen and oxygen atoms in total. The van der Waals surface area contributed by atoms with Gasteiger partial charge in [-0.2, -0.15) is 0 Å². The number of nitrogens with zero attached hydrogens (tertiary/aromatic N) is 1. The van der Waals surface area contributed by atoms with Crippen LogP contribution in [-0.4, -0.2) is 74.6 Å². The van der Waals surface area contributed by atoms with Crippen molar-refractivity contribution in [2.45, 2.75) is 70.1 Å². The van der Waals surface area contributed by atoms with Crippen LogP contribution in [0.25, 0.3) is 0 Å². The van der Waals surface area contributed by atoms with Gasteiger partial charge in [-0.3, -0.25) is 14.4 Å². The SMILES string of the molecule is CC(C)CC(NC(=O)C(N)Cc1ccc(O)cc1)C(=O)N1CCCC1C(=O)NC(Cc1ccc(O)cc1)C(=O)O. The van der Waals surface area contributed by atoms with E-state index in [-0.39, 0.29) is 30.3 Å². The van der Waals surface area contributed by atoms with Gasteiger partial charge in [0, 0.05) is 13.0 Å². The van der Waals surface area contributed by atoms with Crippen LogP contribution in [0.2, 0.25) is 0 Å². The third kappa shape index (κ3) is 8.44. The molecule has 7 N–H and O–H groups in total. The molecule has 0 bridgehead atoms. The third-order valence-electron chi connectivity index (χ3n) is 6.88. The fourth-order valence-electron chi connectivity index (χ4n) is 4.79. The van der Waals surface area contributed by atoms with E-state index in [4.69, 9.17) is 5.73 Å². The lowest BCUT2D eigenvalue weighted by Crippen LogP contribution is -2.57. The quantitative estimate of drug-likeness (QED) is 0.227. The number of aliphatic carboxylic acids is 1. The fourth-order valence-corrected chi connectivity index (χ4v) is 4.79. The average Bonchev–Trinajstić information content (AvgIpc) is 3.40. The van der Waals surface area contributed by atoms with Crippen LogP contribution in [0.3, 0.4) is 0 Å².